The molecule has 0 amide bonds. The predicted octanol–water partition coefficient (Wildman–Crippen LogP) is 3.59. The van der Waals surface area contributed by atoms with E-state index in [4.69, 9.17) is 14.7 Å². The number of benzene rings is 2. The Morgan fingerprint density at radius 1 is 0.857 bits per heavy atom. The lowest BCUT2D eigenvalue weighted by atomic mass is 10.1. The average molecular weight is 281 g/mol. The SMILES string of the molecule is N#Cc1ccc(OCCOCCCc2ccccc2)cc1. The maximum Gasteiger partial charge on any atom is 0.119 e. The van der Waals surface area contributed by atoms with Gasteiger partial charge < -0.3 is 9.47 Å². The number of nitriles is 1. The standard InChI is InChI=1S/C18H19NO2/c19-15-17-8-10-18(11-9-17)21-14-13-20-12-4-7-16-5-2-1-3-6-16/h1-3,5-6,8-11H,4,7,12-14H2. The highest BCUT2D eigenvalue weighted by molar-refractivity contribution is 5.34. The van der Waals surface area contributed by atoms with Gasteiger partial charge in [-0.3, -0.25) is 0 Å². The average Bonchev–Trinajstić information content (AvgIpc) is 2.55. The zero-order valence-electron chi connectivity index (χ0n) is 12.0. The highest BCUT2D eigenvalue weighted by Gasteiger charge is 1.96. The van der Waals surface area contributed by atoms with Crippen LogP contribution in [0.5, 0.6) is 5.75 Å². The third-order valence-corrected chi connectivity index (χ3v) is 3.08. The van der Waals surface area contributed by atoms with E-state index < -0.39 is 0 Å². The summed E-state index contributed by atoms with van der Waals surface area (Å²) in [6.07, 6.45) is 2.05. The molecule has 0 heterocycles. The first-order valence-electron chi connectivity index (χ1n) is 7.13. The van der Waals surface area contributed by atoms with Crippen molar-refractivity contribution in [3.05, 3.63) is 65.7 Å². The summed E-state index contributed by atoms with van der Waals surface area (Å²) in [5, 5.41) is 8.70. The first kappa shape index (κ1) is 15.1. The van der Waals surface area contributed by atoms with E-state index in [9.17, 15) is 0 Å². The fraction of sp³-hybridized carbons (Fsp3) is 0.278. The number of nitrogens with zero attached hydrogens (tertiary/aromatic N) is 1. The molecule has 0 saturated heterocycles. The molecule has 0 atom stereocenters. The van der Waals surface area contributed by atoms with Crippen molar-refractivity contribution >= 4 is 0 Å². The molecule has 3 heteroatoms. The maximum atomic E-state index is 8.70. The van der Waals surface area contributed by atoms with E-state index in [2.05, 4.69) is 30.3 Å². The number of hydrogen-bond acceptors (Lipinski definition) is 3. The van der Waals surface area contributed by atoms with Crippen molar-refractivity contribution in [3.8, 4) is 11.8 Å². The summed E-state index contributed by atoms with van der Waals surface area (Å²) in [5.74, 6) is 0.766. The van der Waals surface area contributed by atoms with Crippen LogP contribution in [0.1, 0.15) is 17.5 Å². The van der Waals surface area contributed by atoms with Crippen LogP contribution in [0.3, 0.4) is 0 Å². The molecule has 3 nitrogen and oxygen atoms in total. The lowest BCUT2D eigenvalue weighted by Crippen LogP contribution is -2.08. The van der Waals surface area contributed by atoms with Gasteiger partial charge in [0.25, 0.3) is 0 Å². The molecule has 2 aromatic rings. The van der Waals surface area contributed by atoms with Crippen molar-refractivity contribution in [2.75, 3.05) is 19.8 Å². The summed E-state index contributed by atoms with van der Waals surface area (Å²) in [6.45, 7) is 1.84. The third kappa shape index (κ3) is 5.68. The third-order valence-electron chi connectivity index (χ3n) is 3.08. The maximum absolute atomic E-state index is 8.70. The van der Waals surface area contributed by atoms with Gasteiger partial charge in [0.05, 0.1) is 18.2 Å². The molecule has 2 rings (SSSR count). The van der Waals surface area contributed by atoms with Crippen LogP contribution in [0.4, 0.5) is 0 Å². The highest BCUT2D eigenvalue weighted by atomic mass is 16.5. The van der Waals surface area contributed by atoms with Crippen LogP contribution in [0.25, 0.3) is 0 Å². The van der Waals surface area contributed by atoms with E-state index in [0.717, 1.165) is 25.2 Å². The van der Waals surface area contributed by atoms with Crippen molar-refractivity contribution in [1.29, 1.82) is 5.26 Å². The Kier molecular flexibility index (Phi) is 6.31. The van der Waals surface area contributed by atoms with Crippen LogP contribution < -0.4 is 4.74 Å². The quantitative estimate of drug-likeness (QED) is 0.694. The Morgan fingerprint density at radius 2 is 1.62 bits per heavy atom. The van der Waals surface area contributed by atoms with Crippen molar-refractivity contribution in [2.45, 2.75) is 12.8 Å². The molecule has 2 aromatic carbocycles. The summed E-state index contributed by atoms with van der Waals surface area (Å²) >= 11 is 0. The van der Waals surface area contributed by atoms with Gasteiger partial charge in [-0.1, -0.05) is 30.3 Å². The van der Waals surface area contributed by atoms with E-state index in [1.165, 1.54) is 5.56 Å². The van der Waals surface area contributed by atoms with Gasteiger partial charge in [0.2, 0.25) is 0 Å². The van der Waals surface area contributed by atoms with E-state index in [1.54, 1.807) is 24.3 Å². The minimum absolute atomic E-state index is 0.525. The number of hydrogen-bond donors (Lipinski definition) is 0. The van der Waals surface area contributed by atoms with Gasteiger partial charge in [0.15, 0.2) is 0 Å². The molecular weight excluding hydrogens is 262 g/mol. The van der Waals surface area contributed by atoms with Crippen molar-refractivity contribution in [2.24, 2.45) is 0 Å². The molecule has 0 radical (unpaired) electrons. The van der Waals surface area contributed by atoms with Gasteiger partial charge in [-0.15, -0.1) is 0 Å². The first-order chi connectivity index (χ1) is 10.4. The molecule has 108 valence electrons. The van der Waals surface area contributed by atoms with E-state index in [0.29, 0.717) is 18.8 Å². The van der Waals surface area contributed by atoms with Crippen LogP contribution in [-0.4, -0.2) is 19.8 Å². The second kappa shape index (κ2) is 8.78. The van der Waals surface area contributed by atoms with Gasteiger partial charge in [0, 0.05) is 6.61 Å². The largest absolute Gasteiger partial charge is 0.491 e. The van der Waals surface area contributed by atoms with E-state index >= 15 is 0 Å². The lowest BCUT2D eigenvalue weighted by molar-refractivity contribution is 0.0985. The van der Waals surface area contributed by atoms with Crippen LogP contribution in [0.2, 0.25) is 0 Å². The zero-order chi connectivity index (χ0) is 14.8. The number of ether oxygens (including phenoxy) is 2. The molecule has 0 spiro atoms. The zero-order valence-corrected chi connectivity index (χ0v) is 12.0. The second-order valence-electron chi connectivity index (χ2n) is 4.69. The number of aryl methyl sites for hydroxylation is 1. The fourth-order valence-electron chi connectivity index (χ4n) is 1.97. The Labute approximate surface area is 125 Å². The monoisotopic (exact) mass is 281 g/mol. The summed E-state index contributed by atoms with van der Waals surface area (Å²) in [7, 11) is 0. The molecule has 0 aliphatic heterocycles. The summed E-state index contributed by atoms with van der Waals surface area (Å²) in [4.78, 5) is 0. The summed E-state index contributed by atoms with van der Waals surface area (Å²) in [6, 6.07) is 19.6. The molecule has 21 heavy (non-hydrogen) atoms. The molecule has 0 unspecified atom stereocenters. The van der Waals surface area contributed by atoms with Gasteiger partial charge in [0.1, 0.15) is 12.4 Å². The van der Waals surface area contributed by atoms with Crippen molar-refractivity contribution in [1.82, 2.24) is 0 Å². The summed E-state index contributed by atoms with van der Waals surface area (Å²) in [5.41, 5.74) is 1.98. The Balaban J connectivity index is 1.53. The Bertz CT molecular complexity index is 558. The van der Waals surface area contributed by atoms with Gasteiger partial charge in [-0.25, -0.2) is 0 Å². The topological polar surface area (TPSA) is 42.2 Å². The summed E-state index contributed by atoms with van der Waals surface area (Å²) < 4.78 is 11.1. The van der Waals surface area contributed by atoms with Crippen molar-refractivity contribution < 1.29 is 9.47 Å². The smallest absolute Gasteiger partial charge is 0.119 e. The van der Waals surface area contributed by atoms with Crippen LogP contribution in [0.15, 0.2) is 54.6 Å². The fourth-order valence-corrected chi connectivity index (χ4v) is 1.97. The molecule has 0 aromatic heterocycles. The molecule has 0 bridgehead atoms. The molecular formula is C18H19NO2. The van der Waals surface area contributed by atoms with Crippen molar-refractivity contribution in [3.63, 3.8) is 0 Å². The van der Waals surface area contributed by atoms with E-state index in [-0.39, 0.29) is 0 Å². The minimum Gasteiger partial charge on any atom is -0.491 e. The molecule has 0 fully saturated rings. The Morgan fingerprint density at radius 3 is 2.33 bits per heavy atom. The van der Waals surface area contributed by atoms with Crippen LogP contribution in [-0.2, 0) is 11.2 Å². The van der Waals surface area contributed by atoms with Crippen LogP contribution in [0, 0.1) is 11.3 Å². The second-order valence-corrected chi connectivity index (χ2v) is 4.69. The van der Waals surface area contributed by atoms with Gasteiger partial charge in [-0.05, 0) is 42.7 Å². The molecule has 0 aliphatic carbocycles. The lowest BCUT2D eigenvalue weighted by Gasteiger charge is -2.07. The van der Waals surface area contributed by atoms with Crippen LogP contribution >= 0.6 is 0 Å². The normalized spacial score (nSPS) is 10.0. The van der Waals surface area contributed by atoms with Gasteiger partial charge in [-0.2, -0.15) is 5.26 Å². The predicted molar refractivity (Wildman–Crippen MR) is 82.2 cm³/mol. The Hall–Kier alpha value is -2.31. The first-order valence-corrected chi connectivity index (χ1v) is 7.13. The molecule has 0 saturated carbocycles. The molecule has 0 N–H and O–H groups in total. The minimum atomic E-state index is 0.525. The number of rotatable bonds is 8. The molecule has 0 aliphatic rings. The highest BCUT2D eigenvalue weighted by Crippen LogP contribution is 2.11. The van der Waals surface area contributed by atoms with Gasteiger partial charge >= 0.3 is 0 Å². The van der Waals surface area contributed by atoms with E-state index in [1.807, 2.05) is 6.07 Å².